The molecule has 0 saturated carbocycles. The molecule has 0 aliphatic carbocycles. The van der Waals surface area contributed by atoms with Gasteiger partial charge in [0, 0.05) is 5.54 Å². The molecule has 0 radical (unpaired) electrons. The van der Waals surface area contributed by atoms with Crippen molar-refractivity contribution in [3.8, 4) is 0 Å². The Morgan fingerprint density at radius 2 is 1.81 bits per heavy atom. The molecule has 2 heteroatoms. The van der Waals surface area contributed by atoms with Crippen LogP contribution in [0.4, 0.5) is 0 Å². The number of nitrogens with zero attached hydrogens (tertiary/aromatic N) is 1. The molecule has 1 fully saturated rings. The number of hydrogen-bond donors (Lipinski definition) is 0. The lowest BCUT2D eigenvalue weighted by molar-refractivity contribution is -0.121. The zero-order chi connectivity index (χ0) is 12.6. The van der Waals surface area contributed by atoms with Gasteiger partial charge in [0.1, 0.15) is 0 Å². The van der Waals surface area contributed by atoms with Gasteiger partial charge >= 0.3 is 0 Å². The highest BCUT2D eigenvalue weighted by Crippen LogP contribution is 2.40. The van der Waals surface area contributed by atoms with Crippen molar-refractivity contribution in [1.29, 1.82) is 0 Å². The summed E-state index contributed by atoms with van der Waals surface area (Å²) in [7, 11) is 2.23. The minimum absolute atomic E-state index is 0.192. The van der Waals surface area contributed by atoms with Crippen molar-refractivity contribution in [2.24, 2.45) is 5.41 Å². The lowest BCUT2D eigenvalue weighted by Gasteiger charge is -2.47. The molecule has 0 aromatic carbocycles. The van der Waals surface area contributed by atoms with E-state index in [-0.39, 0.29) is 11.0 Å². The van der Waals surface area contributed by atoms with Crippen molar-refractivity contribution in [1.82, 2.24) is 4.90 Å². The van der Waals surface area contributed by atoms with E-state index in [1.165, 1.54) is 19.4 Å². The van der Waals surface area contributed by atoms with Crippen LogP contribution in [0.5, 0.6) is 0 Å². The van der Waals surface area contributed by atoms with Gasteiger partial charge in [0.25, 0.3) is 0 Å². The van der Waals surface area contributed by atoms with E-state index in [1.54, 1.807) is 0 Å². The third-order valence-corrected chi connectivity index (χ3v) is 3.81. The van der Waals surface area contributed by atoms with Crippen LogP contribution in [-0.2, 0) is 4.74 Å². The Labute approximate surface area is 101 Å². The first-order valence-electron chi connectivity index (χ1n) is 6.54. The molecule has 0 spiro atoms. The van der Waals surface area contributed by atoms with E-state index in [2.05, 4.69) is 53.5 Å². The molecular weight excluding hydrogens is 198 g/mol. The maximum atomic E-state index is 6.23. The van der Waals surface area contributed by atoms with Crippen LogP contribution in [0.25, 0.3) is 0 Å². The minimum atomic E-state index is 0.192. The van der Waals surface area contributed by atoms with Crippen molar-refractivity contribution in [2.45, 2.75) is 72.1 Å². The molecule has 1 aliphatic rings. The van der Waals surface area contributed by atoms with Crippen molar-refractivity contribution < 1.29 is 4.74 Å². The Bertz CT molecular complexity index is 231. The van der Waals surface area contributed by atoms with Gasteiger partial charge in [0.2, 0.25) is 0 Å². The van der Waals surface area contributed by atoms with Crippen LogP contribution >= 0.6 is 0 Å². The SMILES string of the molecule is CC(C)O[C@@H](C(C)(C)C)[C@]1(C)CCCN1C. The Balaban J connectivity index is 2.91. The van der Waals surface area contributed by atoms with Crippen LogP contribution in [0.15, 0.2) is 0 Å². The molecule has 1 rings (SSSR count). The second kappa shape index (κ2) is 4.66. The minimum Gasteiger partial charge on any atom is -0.373 e. The van der Waals surface area contributed by atoms with Gasteiger partial charge in [-0.15, -0.1) is 0 Å². The van der Waals surface area contributed by atoms with E-state index in [1.807, 2.05) is 0 Å². The van der Waals surface area contributed by atoms with Crippen molar-refractivity contribution in [3.05, 3.63) is 0 Å². The summed E-state index contributed by atoms with van der Waals surface area (Å²) in [4.78, 5) is 2.48. The summed E-state index contributed by atoms with van der Waals surface area (Å²) >= 11 is 0. The summed E-state index contributed by atoms with van der Waals surface area (Å²) in [6.07, 6.45) is 3.14. The normalized spacial score (nSPS) is 30.0. The first-order valence-corrected chi connectivity index (χ1v) is 6.54. The maximum absolute atomic E-state index is 6.23. The van der Waals surface area contributed by atoms with Crippen LogP contribution in [-0.4, -0.2) is 36.2 Å². The van der Waals surface area contributed by atoms with E-state index >= 15 is 0 Å². The number of likely N-dealkylation sites (N-methyl/N-ethyl adjacent to an activating group) is 1. The number of hydrogen-bond acceptors (Lipinski definition) is 2. The number of likely N-dealkylation sites (tertiary alicyclic amines) is 1. The van der Waals surface area contributed by atoms with Gasteiger partial charge in [0.15, 0.2) is 0 Å². The number of ether oxygens (including phenoxy) is 1. The summed E-state index contributed by atoms with van der Waals surface area (Å²) in [6, 6.07) is 0. The molecule has 2 nitrogen and oxygen atoms in total. The molecule has 1 heterocycles. The molecule has 1 aliphatic heterocycles. The molecule has 1 saturated heterocycles. The third-order valence-electron chi connectivity index (χ3n) is 3.81. The monoisotopic (exact) mass is 227 g/mol. The Kier molecular flexibility index (Phi) is 4.07. The predicted molar refractivity (Wildman–Crippen MR) is 69.7 cm³/mol. The Morgan fingerprint density at radius 3 is 2.12 bits per heavy atom. The average Bonchev–Trinajstić information content (AvgIpc) is 2.42. The molecule has 0 aromatic heterocycles. The van der Waals surface area contributed by atoms with E-state index in [0.717, 1.165) is 0 Å². The predicted octanol–water partition coefficient (Wildman–Crippen LogP) is 3.31. The molecule has 96 valence electrons. The lowest BCUT2D eigenvalue weighted by Crippen LogP contribution is -2.56. The van der Waals surface area contributed by atoms with Gasteiger partial charge in [0.05, 0.1) is 12.2 Å². The van der Waals surface area contributed by atoms with Crippen LogP contribution in [0.3, 0.4) is 0 Å². The fraction of sp³-hybridized carbons (Fsp3) is 1.00. The number of rotatable bonds is 3. The highest BCUT2D eigenvalue weighted by atomic mass is 16.5. The molecule has 0 unspecified atom stereocenters. The van der Waals surface area contributed by atoms with Crippen molar-refractivity contribution >= 4 is 0 Å². The topological polar surface area (TPSA) is 12.5 Å². The molecule has 2 atom stereocenters. The summed E-state index contributed by atoms with van der Waals surface area (Å²) in [5, 5.41) is 0. The van der Waals surface area contributed by atoms with E-state index in [4.69, 9.17) is 4.74 Å². The second-order valence-electron chi connectivity index (χ2n) is 6.81. The third kappa shape index (κ3) is 2.78. The quantitative estimate of drug-likeness (QED) is 0.733. The van der Waals surface area contributed by atoms with Crippen LogP contribution < -0.4 is 0 Å². The van der Waals surface area contributed by atoms with Gasteiger partial charge in [-0.1, -0.05) is 20.8 Å². The van der Waals surface area contributed by atoms with E-state index in [0.29, 0.717) is 12.2 Å². The smallest absolute Gasteiger partial charge is 0.0807 e. The zero-order valence-corrected chi connectivity index (χ0v) is 12.1. The Hall–Kier alpha value is -0.0800. The molecule has 0 amide bonds. The van der Waals surface area contributed by atoms with Crippen LogP contribution in [0.2, 0.25) is 0 Å². The lowest BCUT2D eigenvalue weighted by atomic mass is 9.76. The van der Waals surface area contributed by atoms with Gasteiger partial charge < -0.3 is 4.74 Å². The average molecular weight is 227 g/mol. The molecule has 0 N–H and O–H groups in total. The summed E-state index contributed by atoms with van der Waals surface area (Å²) < 4.78 is 6.23. The highest BCUT2D eigenvalue weighted by Gasteiger charge is 2.47. The molecule has 0 aromatic rings. The van der Waals surface area contributed by atoms with E-state index in [9.17, 15) is 0 Å². The zero-order valence-electron chi connectivity index (χ0n) is 12.1. The van der Waals surface area contributed by atoms with Crippen molar-refractivity contribution in [2.75, 3.05) is 13.6 Å². The molecular formula is C14H29NO. The summed E-state index contributed by atoms with van der Waals surface area (Å²) in [6.45, 7) is 14.7. The summed E-state index contributed by atoms with van der Waals surface area (Å²) in [5.74, 6) is 0. The van der Waals surface area contributed by atoms with Crippen molar-refractivity contribution in [3.63, 3.8) is 0 Å². The standard InChI is InChI=1S/C14H29NO/c1-11(2)16-12(13(3,4)5)14(6)9-8-10-15(14)7/h11-12H,8-10H2,1-7H3/t12-,14-/m0/s1. The summed E-state index contributed by atoms with van der Waals surface area (Å²) in [5.41, 5.74) is 0.389. The van der Waals surface area contributed by atoms with Gasteiger partial charge in [-0.25, -0.2) is 0 Å². The fourth-order valence-corrected chi connectivity index (χ4v) is 3.01. The largest absolute Gasteiger partial charge is 0.373 e. The fourth-order valence-electron chi connectivity index (χ4n) is 3.01. The first-order chi connectivity index (χ1) is 7.18. The van der Waals surface area contributed by atoms with Gasteiger partial charge in [-0.2, -0.15) is 0 Å². The highest BCUT2D eigenvalue weighted by molar-refractivity contribution is 5.01. The molecule has 16 heavy (non-hydrogen) atoms. The van der Waals surface area contributed by atoms with Crippen LogP contribution in [0, 0.1) is 5.41 Å². The maximum Gasteiger partial charge on any atom is 0.0807 e. The Morgan fingerprint density at radius 1 is 1.25 bits per heavy atom. The second-order valence-corrected chi connectivity index (χ2v) is 6.81. The molecule has 0 bridgehead atoms. The first kappa shape index (κ1) is 14.0. The van der Waals surface area contributed by atoms with Crippen LogP contribution in [0.1, 0.15) is 54.4 Å². The van der Waals surface area contributed by atoms with Gasteiger partial charge in [-0.05, 0) is 52.6 Å². The van der Waals surface area contributed by atoms with Gasteiger partial charge in [-0.3, -0.25) is 4.90 Å². The van der Waals surface area contributed by atoms with E-state index < -0.39 is 0 Å².